The van der Waals surface area contributed by atoms with Crippen LogP contribution in [0.5, 0.6) is 0 Å². The van der Waals surface area contributed by atoms with Crippen LogP contribution in [0.2, 0.25) is 0 Å². The van der Waals surface area contributed by atoms with E-state index in [0.717, 1.165) is 12.1 Å². The van der Waals surface area contributed by atoms with E-state index in [1.807, 2.05) is 0 Å². The number of hydrogen-bond acceptors (Lipinski definition) is 3. The zero-order valence-electron chi connectivity index (χ0n) is 7.25. The number of alkyl halides is 3. The Bertz CT molecular complexity index is 481. The minimum atomic E-state index is -4.70. The second-order valence-corrected chi connectivity index (χ2v) is 4.35. The predicted octanol–water partition coefficient (Wildman–Crippen LogP) is 0.935. The number of anilines is 1. The highest BCUT2D eigenvalue weighted by molar-refractivity contribution is 7.89. The second kappa shape index (κ2) is 3.38. The third-order valence-corrected chi connectivity index (χ3v) is 2.57. The Hall–Kier alpha value is -1.28. The molecule has 0 aromatic heterocycles. The summed E-state index contributed by atoms with van der Waals surface area (Å²) in [6.45, 7) is 0. The summed E-state index contributed by atoms with van der Waals surface area (Å²) in [5.41, 5.74) is 3.30. The van der Waals surface area contributed by atoms with Crippen molar-refractivity contribution in [3.8, 4) is 0 Å². The first-order chi connectivity index (χ1) is 6.62. The van der Waals surface area contributed by atoms with Crippen LogP contribution in [0, 0.1) is 0 Å². The number of primary sulfonamides is 1. The lowest BCUT2D eigenvalue weighted by atomic mass is 10.2. The van der Waals surface area contributed by atoms with Gasteiger partial charge in [0, 0.05) is 5.69 Å². The van der Waals surface area contributed by atoms with Gasteiger partial charge in [-0.05, 0) is 18.2 Å². The van der Waals surface area contributed by atoms with Gasteiger partial charge in [-0.3, -0.25) is 0 Å². The monoisotopic (exact) mass is 240 g/mol. The normalized spacial score (nSPS) is 12.8. The number of sulfonamides is 1. The molecule has 0 aliphatic carbocycles. The van der Waals surface area contributed by atoms with Gasteiger partial charge in [0.05, 0.1) is 10.5 Å². The molecule has 0 saturated carbocycles. The molecular formula is C7H7F3N2O2S. The number of rotatable bonds is 1. The fourth-order valence-corrected chi connectivity index (χ4v) is 1.50. The average Bonchev–Trinajstić information content (AvgIpc) is 2.00. The Morgan fingerprint density at radius 1 is 1.20 bits per heavy atom. The summed E-state index contributed by atoms with van der Waals surface area (Å²) >= 11 is 0. The molecule has 84 valence electrons. The largest absolute Gasteiger partial charge is 0.418 e. The van der Waals surface area contributed by atoms with Crippen molar-refractivity contribution < 1.29 is 21.6 Å². The summed E-state index contributed by atoms with van der Waals surface area (Å²) in [5.74, 6) is 0. The molecular weight excluding hydrogens is 233 g/mol. The van der Waals surface area contributed by atoms with Crippen LogP contribution in [0.15, 0.2) is 23.1 Å². The number of benzene rings is 1. The van der Waals surface area contributed by atoms with Gasteiger partial charge in [-0.15, -0.1) is 0 Å². The number of nitrogen functional groups attached to an aromatic ring is 1. The van der Waals surface area contributed by atoms with E-state index in [4.69, 9.17) is 5.73 Å². The molecule has 0 atom stereocenters. The van der Waals surface area contributed by atoms with Crippen LogP contribution in [0.1, 0.15) is 5.56 Å². The summed E-state index contributed by atoms with van der Waals surface area (Å²) in [4.78, 5) is -0.621. The minimum Gasteiger partial charge on any atom is -0.398 e. The first-order valence-electron chi connectivity index (χ1n) is 3.62. The molecule has 1 rings (SSSR count). The van der Waals surface area contributed by atoms with Crippen LogP contribution < -0.4 is 10.9 Å². The van der Waals surface area contributed by atoms with E-state index in [-0.39, 0.29) is 0 Å². The molecule has 0 bridgehead atoms. The van der Waals surface area contributed by atoms with Crippen LogP contribution >= 0.6 is 0 Å². The molecule has 15 heavy (non-hydrogen) atoms. The van der Waals surface area contributed by atoms with Gasteiger partial charge in [0.2, 0.25) is 10.0 Å². The number of nitrogens with two attached hydrogens (primary N) is 2. The van der Waals surface area contributed by atoms with E-state index >= 15 is 0 Å². The van der Waals surface area contributed by atoms with E-state index in [1.54, 1.807) is 0 Å². The average molecular weight is 240 g/mol. The topological polar surface area (TPSA) is 86.2 Å². The third kappa shape index (κ3) is 2.60. The standard InChI is InChI=1S/C7H7F3N2O2S/c8-7(9,10)5-3-4(15(12,13)14)1-2-6(5)11/h1-3H,11H2,(H2,12,13,14). The molecule has 0 radical (unpaired) electrons. The van der Waals surface area contributed by atoms with Crippen molar-refractivity contribution >= 4 is 15.7 Å². The summed E-state index contributed by atoms with van der Waals surface area (Å²) in [5, 5.41) is 4.68. The van der Waals surface area contributed by atoms with E-state index in [9.17, 15) is 21.6 Å². The molecule has 4 nitrogen and oxygen atoms in total. The van der Waals surface area contributed by atoms with Crippen molar-refractivity contribution in [2.75, 3.05) is 5.73 Å². The molecule has 0 amide bonds. The van der Waals surface area contributed by atoms with Gasteiger partial charge in [-0.25, -0.2) is 13.6 Å². The SMILES string of the molecule is Nc1ccc(S(N)(=O)=O)cc1C(F)(F)F. The smallest absolute Gasteiger partial charge is 0.398 e. The molecule has 1 aromatic carbocycles. The van der Waals surface area contributed by atoms with E-state index in [2.05, 4.69) is 5.14 Å². The van der Waals surface area contributed by atoms with Crippen molar-refractivity contribution in [1.29, 1.82) is 0 Å². The first kappa shape index (κ1) is 11.8. The molecule has 0 saturated heterocycles. The van der Waals surface area contributed by atoms with E-state index < -0.39 is 32.3 Å². The van der Waals surface area contributed by atoms with Crippen molar-refractivity contribution in [2.24, 2.45) is 5.14 Å². The highest BCUT2D eigenvalue weighted by Gasteiger charge is 2.33. The summed E-state index contributed by atoms with van der Waals surface area (Å²) in [7, 11) is -4.16. The fourth-order valence-electron chi connectivity index (χ4n) is 0.958. The summed E-state index contributed by atoms with van der Waals surface area (Å²) in [6, 6.07) is 2.17. The van der Waals surface area contributed by atoms with Gasteiger partial charge in [0.15, 0.2) is 0 Å². The Labute approximate surface area is 83.7 Å². The highest BCUT2D eigenvalue weighted by Crippen LogP contribution is 2.34. The van der Waals surface area contributed by atoms with Gasteiger partial charge in [-0.2, -0.15) is 13.2 Å². The molecule has 0 spiro atoms. The van der Waals surface area contributed by atoms with Crippen molar-refractivity contribution in [3.63, 3.8) is 0 Å². The fraction of sp³-hybridized carbons (Fsp3) is 0.143. The maximum absolute atomic E-state index is 12.3. The number of halogens is 3. The molecule has 0 fully saturated rings. The minimum absolute atomic E-state index is 0.407. The zero-order valence-corrected chi connectivity index (χ0v) is 8.06. The summed E-state index contributed by atoms with van der Waals surface area (Å²) in [6.07, 6.45) is -4.70. The Balaban J connectivity index is 3.43. The molecule has 4 N–H and O–H groups in total. The van der Waals surface area contributed by atoms with Crippen LogP contribution in [-0.4, -0.2) is 8.42 Å². The second-order valence-electron chi connectivity index (χ2n) is 2.79. The van der Waals surface area contributed by atoms with Gasteiger partial charge in [-0.1, -0.05) is 0 Å². The van der Waals surface area contributed by atoms with Crippen LogP contribution in [-0.2, 0) is 16.2 Å². The predicted molar refractivity (Wildman–Crippen MR) is 47.2 cm³/mol. The van der Waals surface area contributed by atoms with Gasteiger partial charge in [0.25, 0.3) is 0 Å². The van der Waals surface area contributed by atoms with Crippen LogP contribution in [0.4, 0.5) is 18.9 Å². The quantitative estimate of drug-likeness (QED) is 0.716. The summed E-state index contributed by atoms with van der Waals surface area (Å²) < 4.78 is 58.5. The molecule has 0 aliphatic heterocycles. The highest BCUT2D eigenvalue weighted by atomic mass is 32.2. The first-order valence-corrected chi connectivity index (χ1v) is 5.16. The van der Waals surface area contributed by atoms with E-state index in [1.165, 1.54) is 0 Å². The Morgan fingerprint density at radius 3 is 2.13 bits per heavy atom. The lowest BCUT2D eigenvalue weighted by Crippen LogP contribution is -2.15. The van der Waals surface area contributed by atoms with Crippen molar-refractivity contribution in [3.05, 3.63) is 23.8 Å². The van der Waals surface area contributed by atoms with Gasteiger partial charge in [0.1, 0.15) is 0 Å². The lowest BCUT2D eigenvalue weighted by Gasteiger charge is -2.10. The maximum atomic E-state index is 12.3. The molecule has 8 heteroatoms. The van der Waals surface area contributed by atoms with Crippen molar-refractivity contribution in [2.45, 2.75) is 11.1 Å². The number of hydrogen-bond donors (Lipinski definition) is 2. The Morgan fingerprint density at radius 2 is 1.73 bits per heavy atom. The van der Waals surface area contributed by atoms with Crippen LogP contribution in [0.3, 0.4) is 0 Å². The lowest BCUT2D eigenvalue weighted by molar-refractivity contribution is -0.137. The zero-order chi connectivity index (χ0) is 11.9. The molecule has 0 unspecified atom stereocenters. The third-order valence-electron chi connectivity index (χ3n) is 1.66. The molecule has 0 aliphatic rings. The molecule has 1 aromatic rings. The molecule has 0 heterocycles. The maximum Gasteiger partial charge on any atom is 0.418 e. The van der Waals surface area contributed by atoms with E-state index in [0.29, 0.717) is 6.07 Å². The Kier molecular flexibility index (Phi) is 2.66. The van der Waals surface area contributed by atoms with Crippen LogP contribution in [0.25, 0.3) is 0 Å². The van der Waals surface area contributed by atoms with Crippen molar-refractivity contribution in [1.82, 2.24) is 0 Å². The van der Waals surface area contributed by atoms with Gasteiger partial charge >= 0.3 is 6.18 Å². The van der Waals surface area contributed by atoms with Gasteiger partial charge < -0.3 is 5.73 Å².